The predicted octanol–water partition coefficient (Wildman–Crippen LogP) is 12.4. The Balaban J connectivity index is 5.85. The maximum Gasteiger partial charge on any atom is 0.484 e. The van der Waals surface area contributed by atoms with Crippen LogP contribution in [0.25, 0.3) is 0 Å². The molecule has 41 heavy (non-hydrogen) atoms. The van der Waals surface area contributed by atoms with Gasteiger partial charge in [-0.3, -0.25) is 18.1 Å². The van der Waals surface area contributed by atoms with E-state index in [-0.39, 0.29) is 37.3 Å². The van der Waals surface area contributed by atoms with Crippen LogP contribution in [0.5, 0.6) is 0 Å². The maximum absolute atomic E-state index is 14.2. The fraction of sp³-hybridized carbons (Fsp3) is 1.00. The van der Waals surface area contributed by atoms with Crippen molar-refractivity contribution in [3.05, 3.63) is 0 Å². The fourth-order valence-electron chi connectivity index (χ4n) is 4.72. The Morgan fingerprint density at radius 3 is 1.22 bits per heavy atom. The molecule has 9 heteroatoms. The van der Waals surface area contributed by atoms with Crippen LogP contribution in [0.1, 0.15) is 171 Å². The van der Waals surface area contributed by atoms with Crippen molar-refractivity contribution in [2.45, 2.75) is 183 Å². The summed E-state index contributed by atoms with van der Waals surface area (Å²) in [7, 11) is -8.49. The van der Waals surface area contributed by atoms with Crippen LogP contribution in [-0.4, -0.2) is 25.4 Å². The van der Waals surface area contributed by atoms with Crippen LogP contribution in [0, 0.1) is 11.8 Å². The van der Waals surface area contributed by atoms with E-state index in [2.05, 4.69) is 41.5 Å². The molecule has 0 aliphatic heterocycles. The lowest BCUT2D eigenvalue weighted by Crippen LogP contribution is -2.17. The van der Waals surface area contributed by atoms with Crippen LogP contribution in [0.15, 0.2) is 0 Å². The molecule has 248 valence electrons. The summed E-state index contributed by atoms with van der Waals surface area (Å²) in [5.41, 5.74) is 0. The zero-order chi connectivity index (χ0) is 31.0. The molecule has 0 rings (SSSR count). The Morgan fingerprint density at radius 1 is 0.488 bits per heavy atom. The Hall–Kier alpha value is 0.260. The summed E-state index contributed by atoms with van der Waals surface area (Å²) < 4.78 is 58.1. The van der Waals surface area contributed by atoms with E-state index >= 15 is 0 Å². The lowest BCUT2D eigenvalue weighted by atomic mass is 10.0. The van der Waals surface area contributed by atoms with E-state index in [0.717, 1.165) is 116 Å². The van der Waals surface area contributed by atoms with Crippen molar-refractivity contribution >= 4 is 15.6 Å². The zero-order valence-electron chi connectivity index (χ0n) is 28.2. The van der Waals surface area contributed by atoms with Gasteiger partial charge in [0, 0.05) is 0 Å². The smallest absolute Gasteiger partial charge is 0.286 e. The van der Waals surface area contributed by atoms with E-state index in [4.69, 9.17) is 22.4 Å². The number of hydrogen-bond acceptors (Lipinski definition) is 7. The zero-order valence-corrected chi connectivity index (χ0v) is 30.0. The first-order valence-electron chi connectivity index (χ1n) is 17.2. The van der Waals surface area contributed by atoms with E-state index in [0.29, 0.717) is 0 Å². The SMILES string of the molecule is CCCCCCC(C)OP(=O)(OC(C)CCCCCC)OP(=O)(OCC(CC)CCCC)OCC(CC)CCCC. The molecule has 0 bridgehead atoms. The molecule has 0 N–H and O–H groups in total. The highest BCUT2D eigenvalue weighted by Gasteiger charge is 2.43. The Labute approximate surface area is 255 Å². The highest BCUT2D eigenvalue weighted by Crippen LogP contribution is 2.67. The molecule has 0 saturated heterocycles. The Kier molecular flexibility index (Phi) is 25.7. The summed E-state index contributed by atoms with van der Waals surface area (Å²) in [5, 5.41) is 0. The third kappa shape index (κ3) is 21.6. The minimum Gasteiger partial charge on any atom is -0.286 e. The monoisotopic (exact) mass is 626 g/mol. The van der Waals surface area contributed by atoms with Crippen molar-refractivity contribution in [2.75, 3.05) is 13.2 Å². The lowest BCUT2D eigenvalue weighted by molar-refractivity contribution is 0.0578. The third-order valence-electron chi connectivity index (χ3n) is 7.77. The molecule has 0 aromatic rings. The van der Waals surface area contributed by atoms with Crippen molar-refractivity contribution in [3.63, 3.8) is 0 Å². The minimum absolute atomic E-state index is 0.216. The standard InChI is InChI=1S/C32H68O7P2/c1-9-15-19-21-23-29(7)37-41(34,38-30(8)24-22-20-16-10-2)39-40(33,35-27-31(13-5)25-17-11-3)36-28-32(14-6)26-18-12-4/h29-32H,9-28H2,1-8H3. The second-order valence-electron chi connectivity index (χ2n) is 11.9. The van der Waals surface area contributed by atoms with Crippen molar-refractivity contribution < 1.29 is 31.5 Å². The number of rotatable bonds is 30. The molecule has 0 amide bonds. The van der Waals surface area contributed by atoms with Gasteiger partial charge in [0.1, 0.15) is 0 Å². The molecule has 0 spiro atoms. The predicted molar refractivity (Wildman–Crippen MR) is 173 cm³/mol. The molecule has 0 aliphatic carbocycles. The lowest BCUT2D eigenvalue weighted by Gasteiger charge is -2.29. The first-order valence-corrected chi connectivity index (χ1v) is 20.1. The normalized spacial score (nSPS) is 18.0. The number of unbranched alkanes of at least 4 members (excludes halogenated alkanes) is 8. The fourth-order valence-corrected chi connectivity index (χ4v) is 8.39. The quantitative estimate of drug-likeness (QED) is 0.0579. The van der Waals surface area contributed by atoms with Gasteiger partial charge in [0.05, 0.1) is 25.4 Å². The largest absolute Gasteiger partial charge is 0.484 e. The molecule has 0 aromatic carbocycles. The summed E-state index contributed by atoms with van der Waals surface area (Å²) in [6.45, 7) is 17.1. The molecule has 0 radical (unpaired) electrons. The average molecular weight is 627 g/mol. The van der Waals surface area contributed by atoms with E-state index in [1.54, 1.807) is 0 Å². The molecule has 0 aromatic heterocycles. The van der Waals surface area contributed by atoms with E-state index in [1.165, 1.54) is 0 Å². The summed E-state index contributed by atoms with van der Waals surface area (Å²) in [6.07, 6.45) is 17.4. The molecular weight excluding hydrogens is 558 g/mol. The van der Waals surface area contributed by atoms with Crippen molar-refractivity contribution in [3.8, 4) is 0 Å². The molecule has 0 fully saturated rings. The van der Waals surface area contributed by atoms with Crippen molar-refractivity contribution in [2.24, 2.45) is 11.8 Å². The van der Waals surface area contributed by atoms with Crippen LogP contribution in [-0.2, 0) is 31.5 Å². The molecule has 4 atom stereocenters. The summed E-state index contributed by atoms with van der Waals surface area (Å²) >= 11 is 0. The minimum atomic E-state index is -4.26. The Bertz CT molecular complexity index is 643. The van der Waals surface area contributed by atoms with Gasteiger partial charge in [-0.2, -0.15) is 4.31 Å². The topological polar surface area (TPSA) is 80.3 Å². The van der Waals surface area contributed by atoms with Gasteiger partial charge >= 0.3 is 15.6 Å². The number of hydrogen-bond donors (Lipinski definition) is 0. The summed E-state index contributed by atoms with van der Waals surface area (Å²) in [5.74, 6) is 0.433. The molecule has 7 nitrogen and oxygen atoms in total. The van der Waals surface area contributed by atoms with Gasteiger partial charge in [0.15, 0.2) is 0 Å². The van der Waals surface area contributed by atoms with E-state index < -0.39 is 15.6 Å². The van der Waals surface area contributed by atoms with Gasteiger partial charge in [-0.15, -0.1) is 0 Å². The highest BCUT2D eigenvalue weighted by molar-refractivity contribution is 7.62. The van der Waals surface area contributed by atoms with Crippen LogP contribution >= 0.6 is 15.6 Å². The third-order valence-corrected chi connectivity index (χ3v) is 11.5. The molecule has 0 heterocycles. The van der Waals surface area contributed by atoms with Crippen LogP contribution in [0.3, 0.4) is 0 Å². The van der Waals surface area contributed by atoms with Gasteiger partial charge in [0.25, 0.3) is 0 Å². The van der Waals surface area contributed by atoms with Crippen LogP contribution < -0.4 is 0 Å². The van der Waals surface area contributed by atoms with Gasteiger partial charge in [0.2, 0.25) is 0 Å². The van der Waals surface area contributed by atoms with Gasteiger partial charge < -0.3 is 0 Å². The molecule has 4 unspecified atom stereocenters. The van der Waals surface area contributed by atoms with Crippen molar-refractivity contribution in [1.29, 1.82) is 0 Å². The molecular formula is C32H68O7P2. The van der Waals surface area contributed by atoms with Gasteiger partial charge in [-0.25, -0.2) is 9.13 Å². The number of phosphoric ester groups is 2. The van der Waals surface area contributed by atoms with Crippen LogP contribution in [0.4, 0.5) is 0 Å². The molecule has 0 saturated carbocycles. The summed E-state index contributed by atoms with van der Waals surface area (Å²) in [4.78, 5) is 0. The summed E-state index contributed by atoms with van der Waals surface area (Å²) in [6, 6.07) is 0. The number of phosphoric acid groups is 2. The average Bonchev–Trinajstić information content (AvgIpc) is 2.93. The second kappa shape index (κ2) is 25.6. The first kappa shape index (κ1) is 41.3. The van der Waals surface area contributed by atoms with Crippen molar-refractivity contribution in [1.82, 2.24) is 0 Å². The van der Waals surface area contributed by atoms with E-state index in [1.807, 2.05) is 13.8 Å². The first-order chi connectivity index (χ1) is 19.6. The van der Waals surface area contributed by atoms with Crippen LogP contribution in [0.2, 0.25) is 0 Å². The van der Waals surface area contributed by atoms with Gasteiger partial charge in [-0.05, 0) is 51.4 Å². The second-order valence-corrected chi connectivity index (χ2v) is 15.3. The maximum atomic E-state index is 14.2. The molecule has 0 aliphatic rings. The van der Waals surface area contributed by atoms with Gasteiger partial charge in [-0.1, -0.05) is 131 Å². The highest BCUT2D eigenvalue weighted by atomic mass is 31.3. The Morgan fingerprint density at radius 2 is 0.878 bits per heavy atom. The van der Waals surface area contributed by atoms with E-state index in [9.17, 15) is 9.13 Å².